The van der Waals surface area contributed by atoms with Crippen LogP contribution in [0.2, 0.25) is 5.02 Å². The predicted octanol–water partition coefficient (Wildman–Crippen LogP) is 4.19. The Morgan fingerprint density at radius 2 is 2.00 bits per heavy atom. The first-order chi connectivity index (χ1) is 11.7. The van der Waals surface area contributed by atoms with Crippen molar-refractivity contribution in [2.75, 3.05) is 25.5 Å². The highest BCUT2D eigenvalue weighted by Crippen LogP contribution is 2.28. The molecule has 0 saturated heterocycles. The predicted molar refractivity (Wildman–Crippen MR) is 101 cm³/mol. The largest absolute Gasteiger partial charge is 0.492 e. The van der Waals surface area contributed by atoms with E-state index in [0.29, 0.717) is 28.7 Å². The SMILES string of the molecule is CNCCOc1ccc2c(Nc3ccc(Cl)cc3F)ncnc2c1.Cl. The van der Waals surface area contributed by atoms with E-state index >= 15 is 0 Å². The van der Waals surface area contributed by atoms with Crippen LogP contribution in [0.1, 0.15) is 0 Å². The number of fused-ring (bicyclic) bond motifs is 1. The highest BCUT2D eigenvalue weighted by atomic mass is 35.5. The normalized spacial score (nSPS) is 10.4. The van der Waals surface area contributed by atoms with Gasteiger partial charge in [-0.05, 0) is 37.4 Å². The van der Waals surface area contributed by atoms with Crippen molar-refractivity contribution in [3.8, 4) is 5.75 Å². The summed E-state index contributed by atoms with van der Waals surface area (Å²) in [5.41, 5.74) is 1.01. The van der Waals surface area contributed by atoms with E-state index in [1.807, 2.05) is 25.2 Å². The molecule has 0 atom stereocenters. The maximum atomic E-state index is 14.0. The molecule has 3 rings (SSSR count). The number of ether oxygens (including phenoxy) is 1. The van der Waals surface area contributed by atoms with Gasteiger partial charge in [-0.2, -0.15) is 0 Å². The van der Waals surface area contributed by atoms with Gasteiger partial charge in [0.1, 0.15) is 30.3 Å². The van der Waals surface area contributed by atoms with Crippen LogP contribution >= 0.6 is 24.0 Å². The van der Waals surface area contributed by atoms with Gasteiger partial charge in [-0.25, -0.2) is 14.4 Å². The molecule has 0 aliphatic carbocycles. The van der Waals surface area contributed by atoms with Crippen LogP contribution < -0.4 is 15.4 Å². The van der Waals surface area contributed by atoms with Crippen molar-refractivity contribution in [1.29, 1.82) is 0 Å². The lowest BCUT2D eigenvalue weighted by atomic mass is 10.2. The van der Waals surface area contributed by atoms with Crippen LogP contribution in [0, 0.1) is 5.82 Å². The van der Waals surface area contributed by atoms with Crippen LogP contribution in [-0.4, -0.2) is 30.2 Å². The average molecular weight is 383 g/mol. The Morgan fingerprint density at radius 1 is 1.16 bits per heavy atom. The van der Waals surface area contributed by atoms with Gasteiger partial charge in [0.05, 0.1) is 11.2 Å². The van der Waals surface area contributed by atoms with Crippen molar-refractivity contribution in [3.63, 3.8) is 0 Å². The Morgan fingerprint density at radius 3 is 2.76 bits per heavy atom. The molecule has 25 heavy (non-hydrogen) atoms. The third-order valence-corrected chi connectivity index (χ3v) is 3.65. The number of nitrogens with zero attached hydrogens (tertiary/aromatic N) is 2. The quantitative estimate of drug-likeness (QED) is 0.626. The monoisotopic (exact) mass is 382 g/mol. The topological polar surface area (TPSA) is 59.1 Å². The van der Waals surface area contributed by atoms with Crippen molar-refractivity contribution >= 4 is 46.4 Å². The summed E-state index contributed by atoms with van der Waals surface area (Å²) in [5.74, 6) is 0.796. The molecule has 0 bridgehead atoms. The minimum Gasteiger partial charge on any atom is -0.492 e. The number of likely N-dealkylation sites (N-methyl/N-ethyl adjacent to an activating group) is 1. The third kappa shape index (κ3) is 4.69. The summed E-state index contributed by atoms with van der Waals surface area (Å²) >= 11 is 5.77. The van der Waals surface area contributed by atoms with E-state index in [0.717, 1.165) is 17.7 Å². The number of halogens is 3. The van der Waals surface area contributed by atoms with Crippen LogP contribution in [0.4, 0.5) is 15.9 Å². The summed E-state index contributed by atoms with van der Waals surface area (Å²) in [5, 5.41) is 7.11. The standard InChI is InChI=1S/C17H16ClFN4O.ClH/c1-20-6-7-24-12-3-4-13-16(9-12)21-10-22-17(13)23-15-5-2-11(18)8-14(15)19;/h2-5,8-10,20H,6-7H2,1H3,(H,21,22,23);1H. The lowest BCUT2D eigenvalue weighted by Crippen LogP contribution is -2.15. The van der Waals surface area contributed by atoms with E-state index in [1.54, 1.807) is 12.1 Å². The summed E-state index contributed by atoms with van der Waals surface area (Å²) in [6.07, 6.45) is 1.43. The highest BCUT2D eigenvalue weighted by molar-refractivity contribution is 6.30. The van der Waals surface area contributed by atoms with Gasteiger partial charge in [0.2, 0.25) is 0 Å². The smallest absolute Gasteiger partial charge is 0.148 e. The molecule has 0 unspecified atom stereocenters. The zero-order valence-corrected chi connectivity index (χ0v) is 15.0. The van der Waals surface area contributed by atoms with Gasteiger partial charge in [-0.3, -0.25) is 0 Å². The molecule has 0 aliphatic heterocycles. The van der Waals surface area contributed by atoms with Gasteiger partial charge >= 0.3 is 0 Å². The molecule has 0 radical (unpaired) electrons. The number of nitrogens with one attached hydrogen (secondary N) is 2. The molecule has 1 aromatic heterocycles. The number of hydrogen-bond acceptors (Lipinski definition) is 5. The van der Waals surface area contributed by atoms with Gasteiger partial charge in [0.15, 0.2) is 0 Å². The van der Waals surface area contributed by atoms with Gasteiger partial charge in [0, 0.05) is 23.0 Å². The van der Waals surface area contributed by atoms with Crippen molar-refractivity contribution in [2.45, 2.75) is 0 Å². The van der Waals surface area contributed by atoms with Crippen LogP contribution in [0.25, 0.3) is 10.9 Å². The summed E-state index contributed by atoms with van der Waals surface area (Å²) in [7, 11) is 1.87. The fourth-order valence-corrected chi connectivity index (χ4v) is 2.37. The number of benzene rings is 2. The number of rotatable bonds is 6. The van der Waals surface area contributed by atoms with Crippen LogP contribution in [0.3, 0.4) is 0 Å². The Hall–Kier alpha value is -2.15. The molecule has 3 aromatic rings. The van der Waals surface area contributed by atoms with Gasteiger partial charge in [0.25, 0.3) is 0 Å². The molecule has 0 amide bonds. The van der Waals surface area contributed by atoms with E-state index in [1.165, 1.54) is 12.4 Å². The lowest BCUT2D eigenvalue weighted by Gasteiger charge is -2.11. The molecule has 2 aromatic carbocycles. The van der Waals surface area contributed by atoms with Gasteiger partial charge in [-0.15, -0.1) is 12.4 Å². The van der Waals surface area contributed by atoms with Crippen molar-refractivity contribution in [2.24, 2.45) is 0 Å². The molecule has 1 heterocycles. The number of anilines is 2. The van der Waals surface area contributed by atoms with Gasteiger partial charge < -0.3 is 15.4 Å². The molecular formula is C17H17Cl2FN4O. The Kier molecular flexibility index (Phi) is 6.75. The second-order valence-corrected chi connectivity index (χ2v) is 5.54. The summed E-state index contributed by atoms with van der Waals surface area (Å²) in [6, 6.07) is 9.95. The molecule has 5 nitrogen and oxygen atoms in total. The number of hydrogen-bond donors (Lipinski definition) is 2. The van der Waals surface area contributed by atoms with Crippen molar-refractivity contribution < 1.29 is 9.13 Å². The second kappa shape index (κ2) is 8.80. The average Bonchev–Trinajstić information content (AvgIpc) is 2.57. The summed E-state index contributed by atoms with van der Waals surface area (Å²) in [4.78, 5) is 8.45. The molecule has 132 valence electrons. The maximum Gasteiger partial charge on any atom is 0.148 e. The van der Waals surface area contributed by atoms with Crippen LogP contribution in [-0.2, 0) is 0 Å². The zero-order valence-electron chi connectivity index (χ0n) is 13.4. The van der Waals surface area contributed by atoms with Crippen LogP contribution in [0.15, 0.2) is 42.7 Å². The first kappa shape index (κ1) is 19.2. The Balaban J connectivity index is 0.00000225. The molecule has 8 heteroatoms. The first-order valence-electron chi connectivity index (χ1n) is 7.41. The Labute approximate surface area is 156 Å². The molecule has 0 spiro atoms. The zero-order chi connectivity index (χ0) is 16.9. The minimum absolute atomic E-state index is 0. The van der Waals surface area contributed by atoms with E-state index in [-0.39, 0.29) is 12.4 Å². The van der Waals surface area contributed by atoms with E-state index in [4.69, 9.17) is 16.3 Å². The summed E-state index contributed by atoms with van der Waals surface area (Å²) in [6.45, 7) is 1.32. The molecule has 0 fully saturated rings. The van der Waals surface area contributed by atoms with E-state index < -0.39 is 5.82 Å². The summed E-state index contributed by atoms with van der Waals surface area (Å²) < 4.78 is 19.6. The second-order valence-electron chi connectivity index (χ2n) is 5.10. The van der Waals surface area contributed by atoms with E-state index in [9.17, 15) is 4.39 Å². The fraction of sp³-hybridized carbons (Fsp3) is 0.176. The van der Waals surface area contributed by atoms with Crippen molar-refractivity contribution in [3.05, 3.63) is 53.6 Å². The molecule has 2 N–H and O–H groups in total. The maximum absolute atomic E-state index is 14.0. The lowest BCUT2D eigenvalue weighted by molar-refractivity contribution is 0.319. The minimum atomic E-state index is -0.443. The van der Waals surface area contributed by atoms with Gasteiger partial charge in [-0.1, -0.05) is 11.6 Å². The number of aromatic nitrogens is 2. The fourth-order valence-electron chi connectivity index (χ4n) is 2.22. The van der Waals surface area contributed by atoms with Crippen molar-refractivity contribution in [1.82, 2.24) is 15.3 Å². The molecule has 0 aliphatic rings. The van der Waals surface area contributed by atoms with E-state index in [2.05, 4.69) is 20.6 Å². The third-order valence-electron chi connectivity index (χ3n) is 3.41. The first-order valence-corrected chi connectivity index (χ1v) is 7.79. The van der Waals surface area contributed by atoms with Crippen LogP contribution in [0.5, 0.6) is 5.75 Å². The Bertz CT molecular complexity index is 863. The molecule has 0 saturated carbocycles. The molecular weight excluding hydrogens is 366 g/mol. The highest BCUT2D eigenvalue weighted by Gasteiger charge is 2.09.